The number of nitrogens with one attached hydrogen (secondary N) is 2. The van der Waals surface area contributed by atoms with Crippen LogP contribution in [0.25, 0.3) is 5.69 Å². The number of hydrazine groups is 1. The van der Waals surface area contributed by atoms with E-state index in [1.807, 2.05) is 0 Å². The van der Waals surface area contributed by atoms with Gasteiger partial charge in [-0.2, -0.15) is 0 Å². The summed E-state index contributed by atoms with van der Waals surface area (Å²) in [6.45, 7) is 0. The van der Waals surface area contributed by atoms with Crippen LogP contribution in [0.15, 0.2) is 53.3 Å². The Morgan fingerprint density at radius 3 is 2.44 bits per heavy atom. The summed E-state index contributed by atoms with van der Waals surface area (Å²) < 4.78 is 15.6. The van der Waals surface area contributed by atoms with Crippen LogP contribution in [0.5, 0.6) is 0 Å². The van der Waals surface area contributed by atoms with Crippen molar-refractivity contribution in [3.8, 4) is 5.69 Å². The molecule has 3 rings (SSSR count). The number of carbonyl (C=O) groups excluding carboxylic acids is 2. The molecule has 3 aromatic rings. The van der Waals surface area contributed by atoms with E-state index in [2.05, 4.69) is 42.3 Å². The molecule has 0 bridgehead atoms. The van der Waals surface area contributed by atoms with E-state index in [9.17, 15) is 14.0 Å². The number of hydrogen-bond acceptors (Lipinski definition) is 5. The van der Waals surface area contributed by atoms with E-state index >= 15 is 0 Å². The lowest BCUT2D eigenvalue weighted by atomic mass is 10.2. The van der Waals surface area contributed by atoms with Gasteiger partial charge in [0.25, 0.3) is 11.8 Å². The van der Waals surface area contributed by atoms with Crippen LogP contribution in [0, 0.1) is 5.82 Å². The second-order valence-electron chi connectivity index (χ2n) is 4.83. The van der Waals surface area contributed by atoms with Gasteiger partial charge in [-0.15, -0.1) is 5.10 Å². The first-order valence-corrected chi connectivity index (χ1v) is 7.73. The third-order valence-electron chi connectivity index (χ3n) is 3.21. The smallest absolute Gasteiger partial charge is 0.267 e. The van der Waals surface area contributed by atoms with Crippen LogP contribution in [-0.4, -0.2) is 32.0 Å². The fourth-order valence-electron chi connectivity index (χ4n) is 1.97. The van der Waals surface area contributed by atoms with Crippen LogP contribution in [0.2, 0.25) is 0 Å². The first kappa shape index (κ1) is 16.7. The van der Waals surface area contributed by atoms with Gasteiger partial charge in [0.05, 0.1) is 11.3 Å². The molecule has 1 heterocycles. The van der Waals surface area contributed by atoms with Gasteiger partial charge < -0.3 is 0 Å². The zero-order chi connectivity index (χ0) is 17.8. The minimum absolute atomic E-state index is 0.191. The van der Waals surface area contributed by atoms with Crippen LogP contribution >= 0.6 is 15.9 Å². The number of tetrazole rings is 1. The lowest BCUT2D eigenvalue weighted by Crippen LogP contribution is -2.41. The molecule has 0 fully saturated rings. The van der Waals surface area contributed by atoms with Gasteiger partial charge in [-0.25, -0.2) is 9.07 Å². The molecule has 0 saturated heterocycles. The highest BCUT2D eigenvalue weighted by atomic mass is 79.9. The third kappa shape index (κ3) is 3.86. The Morgan fingerprint density at radius 2 is 1.76 bits per heavy atom. The summed E-state index contributed by atoms with van der Waals surface area (Å²) in [6.07, 6.45) is 1.42. The maximum atomic E-state index is 13.6. The second kappa shape index (κ2) is 7.18. The summed E-state index contributed by atoms with van der Waals surface area (Å²) in [5.74, 6) is -2.01. The predicted octanol–water partition coefficient (Wildman–Crippen LogP) is 1.64. The van der Waals surface area contributed by atoms with E-state index in [-0.39, 0.29) is 5.56 Å². The molecular formula is C15H10BrFN6O2. The fraction of sp³-hybridized carbons (Fsp3) is 0. The number of carbonyl (C=O) groups is 2. The number of halogens is 2. The number of benzene rings is 2. The Balaban J connectivity index is 1.64. The molecule has 2 amide bonds. The lowest BCUT2D eigenvalue weighted by molar-refractivity contribution is 0.0844. The highest BCUT2D eigenvalue weighted by Crippen LogP contribution is 2.15. The highest BCUT2D eigenvalue weighted by molar-refractivity contribution is 9.10. The Labute approximate surface area is 149 Å². The molecule has 0 atom stereocenters. The minimum Gasteiger partial charge on any atom is -0.267 e. The molecule has 1 aromatic heterocycles. The maximum Gasteiger partial charge on any atom is 0.272 e. The van der Waals surface area contributed by atoms with Crippen LogP contribution in [0.3, 0.4) is 0 Å². The van der Waals surface area contributed by atoms with E-state index in [0.29, 0.717) is 15.7 Å². The largest absolute Gasteiger partial charge is 0.272 e. The molecule has 0 aliphatic heterocycles. The number of hydrogen-bond donors (Lipinski definition) is 2. The molecule has 126 valence electrons. The molecule has 0 unspecified atom stereocenters. The summed E-state index contributed by atoms with van der Waals surface area (Å²) in [5.41, 5.74) is 5.18. The van der Waals surface area contributed by atoms with Crippen molar-refractivity contribution in [3.63, 3.8) is 0 Å². The molecule has 2 aromatic carbocycles. The van der Waals surface area contributed by atoms with E-state index < -0.39 is 17.6 Å². The normalized spacial score (nSPS) is 10.3. The van der Waals surface area contributed by atoms with E-state index in [1.165, 1.54) is 35.3 Å². The third-order valence-corrected chi connectivity index (χ3v) is 3.70. The summed E-state index contributed by atoms with van der Waals surface area (Å²) >= 11 is 3.15. The molecule has 2 N–H and O–H groups in total. The molecule has 0 spiro atoms. The molecule has 10 heteroatoms. The average Bonchev–Trinajstić information content (AvgIpc) is 3.16. The maximum absolute atomic E-state index is 13.6. The SMILES string of the molecule is O=C(NNC(=O)c1cc(Br)ccc1F)c1ccc(-n2cnnn2)cc1. The topological polar surface area (TPSA) is 102 Å². The summed E-state index contributed by atoms with van der Waals surface area (Å²) in [5, 5.41) is 10.8. The van der Waals surface area contributed by atoms with Gasteiger partial charge in [-0.05, 0) is 52.9 Å². The van der Waals surface area contributed by atoms with Gasteiger partial charge in [0, 0.05) is 10.0 Å². The van der Waals surface area contributed by atoms with Crippen LogP contribution < -0.4 is 10.9 Å². The van der Waals surface area contributed by atoms with Gasteiger partial charge in [-0.3, -0.25) is 20.4 Å². The molecular weight excluding hydrogens is 395 g/mol. The minimum atomic E-state index is -0.766. The summed E-state index contributed by atoms with van der Waals surface area (Å²) in [7, 11) is 0. The number of aromatic nitrogens is 4. The Morgan fingerprint density at radius 1 is 1.04 bits per heavy atom. The van der Waals surface area contributed by atoms with E-state index in [0.717, 1.165) is 6.07 Å². The van der Waals surface area contributed by atoms with Gasteiger partial charge in [0.15, 0.2) is 0 Å². The van der Waals surface area contributed by atoms with Crippen molar-refractivity contribution in [1.29, 1.82) is 0 Å². The number of rotatable bonds is 3. The predicted molar refractivity (Wildman–Crippen MR) is 88.2 cm³/mol. The average molecular weight is 405 g/mol. The Kier molecular flexibility index (Phi) is 4.80. The quantitative estimate of drug-likeness (QED) is 0.646. The molecule has 0 aliphatic carbocycles. The van der Waals surface area contributed by atoms with Crippen molar-refractivity contribution in [1.82, 2.24) is 31.1 Å². The Hall–Kier alpha value is -3.14. The van der Waals surface area contributed by atoms with Crippen molar-refractivity contribution in [2.45, 2.75) is 0 Å². The van der Waals surface area contributed by atoms with Crippen molar-refractivity contribution in [3.05, 3.63) is 70.2 Å². The number of nitrogens with zero attached hydrogens (tertiary/aromatic N) is 4. The zero-order valence-electron chi connectivity index (χ0n) is 12.5. The van der Waals surface area contributed by atoms with Gasteiger partial charge in [0.1, 0.15) is 12.1 Å². The van der Waals surface area contributed by atoms with Crippen molar-refractivity contribution >= 4 is 27.7 Å². The molecule has 25 heavy (non-hydrogen) atoms. The second-order valence-corrected chi connectivity index (χ2v) is 5.75. The van der Waals surface area contributed by atoms with E-state index in [4.69, 9.17) is 0 Å². The van der Waals surface area contributed by atoms with Gasteiger partial charge >= 0.3 is 0 Å². The van der Waals surface area contributed by atoms with Crippen LogP contribution in [0.1, 0.15) is 20.7 Å². The van der Waals surface area contributed by atoms with Crippen LogP contribution in [-0.2, 0) is 0 Å². The van der Waals surface area contributed by atoms with Crippen molar-refractivity contribution in [2.24, 2.45) is 0 Å². The lowest BCUT2D eigenvalue weighted by Gasteiger charge is -2.09. The van der Waals surface area contributed by atoms with Gasteiger partial charge in [0.2, 0.25) is 0 Å². The van der Waals surface area contributed by atoms with E-state index in [1.54, 1.807) is 12.1 Å². The monoisotopic (exact) mass is 404 g/mol. The van der Waals surface area contributed by atoms with Gasteiger partial charge in [-0.1, -0.05) is 15.9 Å². The first-order chi connectivity index (χ1) is 12.0. The fourth-order valence-corrected chi connectivity index (χ4v) is 2.33. The van der Waals surface area contributed by atoms with Crippen molar-refractivity contribution in [2.75, 3.05) is 0 Å². The standard InChI is InChI=1S/C15H10BrFN6O2/c16-10-3-6-13(17)12(7-10)15(25)20-19-14(24)9-1-4-11(5-2-9)23-8-18-21-22-23/h1-8H,(H,19,24)(H,20,25). The van der Waals surface area contributed by atoms with Crippen LogP contribution in [0.4, 0.5) is 4.39 Å². The molecule has 0 aliphatic rings. The first-order valence-electron chi connectivity index (χ1n) is 6.94. The molecule has 8 nitrogen and oxygen atoms in total. The zero-order valence-corrected chi connectivity index (χ0v) is 14.1. The highest BCUT2D eigenvalue weighted by Gasteiger charge is 2.13. The Bertz CT molecular complexity index is 914. The summed E-state index contributed by atoms with van der Waals surface area (Å²) in [4.78, 5) is 24.0. The summed E-state index contributed by atoms with van der Waals surface area (Å²) in [6, 6.07) is 10.3. The number of amides is 2. The van der Waals surface area contributed by atoms with Crippen molar-refractivity contribution < 1.29 is 14.0 Å². The molecule has 0 saturated carbocycles. The molecule has 0 radical (unpaired) electrons.